The van der Waals surface area contributed by atoms with Gasteiger partial charge in [0.15, 0.2) is 0 Å². The van der Waals surface area contributed by atoms with E-state index < -0.39 is 0 Å². The molecule has 1 aliphatic rings. The van der Waals surface area contributed by atoms with Crippen LogP contribution in [0.3, 0.4) is 0 Å². The molecule has 6 heteroatoms. The number of hydrogen-bond donors (Lipinski definition) is 1. The Morgan fingerprint density at radius 2 is 1.91 bits per heavy atom. The number of esters is 1. The van der Waals surface area contributed by atoms with Crippen molar-refractivity contribution in [2.75, 3.05) is 19.0 Å². The Labute approximate surface area is 202 Å². The molecule has 0 spiro atoms. The van der Waals surface area contributed by atoms with Crippen LogP contribution in [0.4, 0.5) is 5.00 Å². The fourth-order valence-electron chi connectivity index (χ4n) is 4.21. The zero-order chi connectivity index (χ0) is 24.3. The van der Waals surface area contributed by atoms with Gasteiger partial charge in [-0.3, -0.25) is 9.69 Å². The summed E-state index contributed by atoms with van der Waals surface area (Å²) in [4.78, 5) is 29.1. The summed E-state index contributed by atoms with van der Waals surface area (Å²) >= 11 is 1.53. The number of fused-ring (bicyclic) bond motifs is 1. The first-order valence-corrected chi connectivity index (χ1v) is 12.7. The molecule has 2 atom stereocenters. The summed E-state index contributed by atoms with van der Waals surface area (Å²) in [5.74, 6) is 0.144. The van der Waals surface area contributed by atoms with Gasteiger partial charge in [-0.15, -0.1) is 11.3 Å². The van der Waals surface area contributed by atoms with Crippen molar-refractivity contribution < 1.29 is 14.3 Å². The molecule has 0 saturated heterocycles. The minimum atomic E-state index is -0.347. The number of benzene rings is 1. The summed E-state index contributed by atoms with van der Waals surface area (Å²) in [5, 5.41) is 3.69. The third-order valence-corrected chi connectivity index (χ3v) is 7.69. The second-order valence-corrected chi connectivity index (χ2v) is 11.4. The maximum atomic E-state index is 13.1. The van der Waals surface area contributed by atoms with Crippen molar-refractivity contribution >= 4 is 28.2 Å². The van der Waals surface area contributed by atoms with Crippen molar-refractivity contribution in [2.24, 2.45) is 5.92 Å². The molecule has 1 aliphatic carbocycles. The van der Waals surface area contributed by atoms with Gasteiger partial charge in [0.2, 0.25) is 5.91 Å². The topological polar surface area (TPSA) is 58.6 Å². The van der Waals surface area contributed by atoms with Crippen LogP contribution in [0.5, 0.6) is 0 Å². The number of anilines is 1. The quantitative estimate of drug-likeness (QED) is 0.519. The van der Waals surface area contributed by atoms with E-state index in [4.69, 9.17) is 4.74 Å². The van der Waals surface area contributed by atoms with Gasteiger partial charge in [-0.1, -0.05) is 52.0 Å². The van der Waals surface area contributed by atoms with Gasteiger partial charge in [0.05, 0.1) is 18.2 Å². The predicted octanol–water partition coefficient (Wildman–Crippen LogP) is 5.81. The monoisotopic (exact) mass is 470 g/mol. The van der Waals surface area contributed by atoms with Gasteiger partial charge in [0, 0.05) is 11.4 Å². The second kappa shape index (κ2) is 10.4. The van der Waals surface area contributed by atoms with E-state index in [1.807, 2.05) is 25.8 Å². The van der Waals surface area contributed by atoms with Gasteiger partial charge < -0.3 is 10.1 Å². The van der Waals surface area contributed by atoms with Gasteiger partial charge in [-0.25, -0.2) is 4.79 Å². The smallest absolute Gasteiger partial charge is 0.341 e. The summed E-state index contributed by atoms with van der Waals surface area (Å²) in [6, 6.07) is 8.25. The van der Waals surface area contributed by atoms with Gasteiger partial charge in [0.1, 0.15) is 5.00 Å². The Kier molecular flexibility index (Phi) is 8.01. The van der Waals surface area contributed by atoms with Crippen LogP contribution >= 0.6 is 11.3 Å². The number of carbonyl (C=O) groups is 2. The lowest BCUT2D eigenvalue weighted by molar-refractivity contribution is -0.120. The van der Waals surface area contributed by atoms with Gasteiger partial charge in [-0.2, -0.15) is 0 Å². The van der Waals surface area contributed by atoms with E-state index >= 15 is 0 Å². The molecule has 0 bridgehead atoms. The molecule has 0 aliphatic heterocycles. The lowest BCUT2D eigenvalue weighted by Gasteiger charge is -2.24. The highest BCUT2D eigenvalue weighted by atomic mass is 32.1. The number of hydrogen-bond acceptors (Lipinski definition) is 5. The van der Waals surface area contributed by atoms with Crippen LogP contribution < -0.4 is 5.32 Å². The van der Waals surface area contributed by atoms with E-state index in [0.29, 0.717) is 29.6 Å². The van der Waals surface area contributed by atoms with Crippen molar-refractivity contribution in [1.82, 2.24) is 4.90 Å². The lowest BCUT2D eigenvalue weighted by Crippen LogP contribution is -2.39. The summed E-state index contributed by atoms with van der Waals surface area (Å²) in [5.41, 5.74) is 4.20. The van der Waals surface area contributed by atoms with Crippen LogP contribution in [0.1, 0.15) is 79.9 Å². The maximum absolute atomic E-state index is 13.1. The van der Waals surface area contributed by atoms with E-state index in [0.717, 1.165) is 30.4 Å². The molecule has 1 aromatic heterocycles. The van der Waals surface area contributed by atoms with E-state index in [-0.39, 0.29) is 23.3 Å². The highest BCUT2D eigenvalue weighted by Gasteiger charge is 2.30. The zero-order valence-electron chi connectivity index (χ0n) is 21.1. The summed E-state index contributed by atoms with van der Waals surface area (Å²) in [6.45, 7) is 13.5. The minimum Gasteiger partial charge on any atom is -0.462 e. The maximum Gasteiger partial charge on any atom is 0.341 e. The van der Waals surface area contributed by atoms with Crippen molar-refractivity contribution in [3.05, 3.63) is 51.4 Å². The van der Waals surface area contributed by atoms with Crippen LogP contribution in [-0.2, 0) is 34.3 Å². The molecule has 1 heterocycles. The fraction of sp³-hybridized carbons (Fsp3) is 0.556. The summed E-state index contributed by atoms with van der Waals surface area (Å²) in [6.07, 6.45) is 2.86. The number of thiophene rings is 1. The molecule has 3 rings (SSSR count). The van der Waals surface area contributed by atoms with Gasteiger partial charge >= 0.3 is 5.97 Å². The molecule has 33 heavy (non-hydrogen) atoms. The van der Waals surface area contributed by atoms with Crippen LogP contribution in [-0.4, -0.2) is 36.5 Å². The molecule has 2 aromatic rings. The van der Waals surface area contributed by atoms with Crippen LogP contribution in [0.2, 0.25) is 0 Å². The third kappa shape index (κ3) is 6.04. The molecular weight excluding hydrogens is 432 g/mol. The molecule has 1 aromatic carbocycles. The van der Waals surface area contributed by atoms with Crippen molar-refractivity contribution in [2.45, 2.75) is 78.8 Å². The summed E-state index contributed by atoms with van der Waals surface area (Å²) < 4.78 is 5.33. The first-order chi connectivity index (χ1) is 15.5. The number of carbonyl (C=O) groups excluding carboxylic acids is 2. The van der Waals surface area contributed by atoms with E-state index in [9.17, 15) is 9.59 Å². The highest BCUT2D eigenvalue weighted by Crippen LogP contribution is 2.40. The van der Waals surface area contributed by atoms with E-state index in [2.05, 4.69) is 57.3 Å². The SMILES string of the molecule is CCOC(=O)c1c(NC(=O)C(C)N(C)Cc2ccc(C(C)(C)C)cc2)sc2c1CCC(C)C2. The molecule has 0 fully saturated rings. The molecule has 0 radical (unpaired) electrons. The molecule has 5 nitrogen and oxygen atoms in total. The Bertz CT molecular complexity index is 988. The molecule has 1 N–H and O–H groups in total. The first-order valence-electron chi connectivity index (χ1n) is 11.9. The standard InChI is InChI=1S/C27H38N2O3S/c1-8-32-26(31)23-21-14-9-17(2)15-22(21)33-25(23)28-24(30)18(3)29(7)16-19-10-12-20(13-11-19)27(4,5)6/h10-13,17-18H,8-9,14-16H2,1-7H3,(H,28,30). The average molecular weight is 471 g/mol. The van der Waals surface area contributed by atoms with E-state index in [1.54, 1.807) is 0 Å². The number of rotatable bonds is 7. The van der Waals surface area contributed by atoms with Crippen molar-refractivity contribution in [3.63, 3.8) is 0 Å². The molecule has 180 valence electrons. The predicted molar refractivity (Wildman–Crippen MR) is 136 cm³/mol. The van der Waals surface area contributed by atoms with E-state index in [1.165, 1.54) is 21.8 Å². The zero-order valence-corrected chi connectivity index (χ0v) is 21.9. The van der Waals surface area contributed by atoms with Gasteiger partial charge in [-0.05, 0) is 68.2 Å². The average Bonchev–Trinajstić information content (AvgIpc) is 3.09. The Balaban J connectivity index is 1.73. The normalized spacial score (nSPS) is 16.9. The van der Waals surface area contributed by atoms with Crippen LogP contribution in [0.25, 0.3) is 0 Å². The number of amides is 1. The first kappa shape index (κ1) is 25.4. The molecule has 1 amide bonds. The molecule has 2 unspecified atom stereocenters. The largest absolute Gasteiger partial charge is 0.462 e. The fourth-order valence-corrected chi connectivity index (χ4v) is 5.61. The second-order valence-electron chi connectivity index (χ2n) is 10.3. The van der Waals surface area contributed by atoms with Crippen molar-refractivity contribution in [3.8, 4) is 0 Å². The van der Waals surface area contributed by atoms with Crippen LogP contribution in [0.15, 0.2) is 24.3 Å². The number of nitrogens with one attached hydrogen (secondary N) is 1. The highest BCUT2D eigenvalue weighted by molar-refractivity contribution is 7.17. The number of nitrogens with zero attached hydrogens (tertiary/aromatic N) is 1. The Morgan fingerprint density at radius 3 is 2.52 bits per heavy atom. The Morgan fingerprint density at radius 1 is 1.24 bits per heavy atom. The van der Waals surface area contributed by atoms with Gasteiger partial charge in [0.25, 0.3) is 0 Å². The third-order valence-electron chi connectivity index (χ3n) is 6.52. The number of likely N-dealkylation sites (N-methyl/N-ethyl adjacent to an activating group) is 1. The number of ether oxygens (including phenoxy) is 1. The summed E-state index contributed by atoms with van der Waals surface area (Å²) in [7, 11) is 1.95. The Hall–Kier alpha value is -2.18. The molecule has 0 saturated carbocycles. The van der Waals surface area contributed by atoms with Crippen molar-refractivity contribution in [1.29, 1.82) is 0 Å². The minimum absolute atomic E-state index is 0.110. The van der Waals surface area contributed by atoms with Crippen LogP contribution in [0, 0.1) is 5.92 Å². The molecular formula is C27H38N2O3S. The lowest BCUT2D eigenvalue weighted by atomic mass is 9.87.